The third-order valence-electron chi connectivity index (χ3n) is 3.48. The molecule has 8 nitrogen and oxygen atoms in total. The Labute approximate surface area is 194 Å². The van der Waals surface area contributed by atoms with Crippen LogP contribution in [0.1, 0.15) is 11.1 Å². The molecule has 2 aromatic carbocycles. The SMILES string of the molecule is [N-]=[N+]1c2ccc(c(S(=O)(=O)O)c2)/C=C/c2ccc1cc2S(=O)(=O)O.[NaH].[NaH]. The molecule has 4 aliphatic heterocycles. The number of hydrogen-bond acceptors (Lipinski definition) is 4. The molecule has 0 saturated carbocycles. The van der Waals surface area contributed by atoms with Gasteiger partial charge in [-0.25, -0.2) is 4.70 Å². The number of hydrogen-bond donors (Lipinski definition) is 2. The normalized spacial score (nSPS) is 14.2. The van der Waals surface area contributed by atoms with Gasteiger partial charge in [-0.15, -0.1) is 0 Å². The van der Waals surface area contributed by atoms with Gasteiger partial charge in [-0.2, -0.15) is 16.8 Å². The van der Waals surface area contributed by atoms with E-state index in [1.807, 2.05) is 0 Å². The van der Waals surface area contributed by atoms with Crippen molar-refractivity contribution in [1.29, 1.82) is 0 Å². The molecule has 128 valence electrons. The average molecular weight is 414 g/mol. The molecule has 0 saturated heterocycles. The molecule has 2 N–H and O–H groups in total. The van der Waals surface area contributed by atoms with Crippen molar-refractivity contribution < 1.29 is 25.9 Å². The Kier molecular flexibility index (Phi) is 7.56. The van der Waals surface area contributed by atoms with Gasteiger partial charge in [0.05, 0.1) is 0 Å². The van der Waals surface area contributed by atoms with Crippen molar-refractivity contribution in [2.75, 3.05) is 0 Å². The summed E-state index contributed by atoms with van der Waals surface area (Å²) in [5.41, 5.74) is 10.4. The minimum absolute atomic E-state index is 0. The Bertz CT molecular complexity index is 1040. The van der Waals surface area contributed by atoms with Gasteiger partial charge in [0, 0.05) is 24.3 Å². The van der Waals surface area contributed by atoms with E-state index in [-0.39, 0.29) is 81.6 Å². The molecule has 4 heterocycles. The first-order valence-corrected chi connectivity index (χ1v) is 9.35. The third-order valence-corrected chi connectivity index (χ3v) is 5.30. The summed E-state index contributed by atoms with van der Waals surface area (Å²) in [7, 11) is -9.15. The maximum absolute atomic E-state index is 11.5. The summed E-state index contributed by atoms with van der Waals surface area (Å²) in [5, 5.41) is 0. The molecule has 0 spiro atoms. The summed E-state index contributed by atoms with van der Waals surface area (Å²) in [6.45, 7) is 0. The second-order valence-corrected chi connectivity index (χ2v) is 7.82. The van der Waals surface area contributed by atoms with E-state index in [0.717, 1.165) is 12.1 Å². The monoisotopic (exact) mass is 414 g/mol. The number of benzene rings is 2. The van der Waals surface area contributed by atoms with Crippen LogP contribution in [0.15, 0.2) is 46.2 Å². The predicted octanol–water partition coefficient (Wildman–Crippen LogP) is 1.22. The van der Waals surface area contributed by atoms with Crippen LogP contribution >= 0.6 is 0 Å². The summed E-state index contributed by atoms with van der Waals surface area (Å²) >= 11 is 0. The number of nitrogens with zero attached hydrogens (tertiary/aromatic N) is 2. The van der Waals surface area contributed by atoms with Gasteiger partial charge >= 0.3 is 59.1 Å². The van der Waals surface area contributed by atoms with Crippen LogP contribution in [-0.4, -0.2) is 85.1 Å². The zero-order valence-electron chi connectivity index (χ0n) is 11.9. The number of rotatable bonds is 2. The first-order valence-electron chi connectivity index (χ1n) is 6.47. The molecule has 2 aromatic rings. The van der Waals surface area contributed by atoms with Crippen LogP contribution in [0.3, 0.4) is 0 Å². The van der Waals surface area contributed by atoms with Crippen LogP contribution < -0.4 is 4.70 Å². The standard InChI is InChI=1S/C14H10N2O6S2.2Na.2H/c15-16-11-5-3-9(13(7-11)23(17,18)19)1-2-10-4-6-12(16)8-14(10)24(20,21)22;;;;/h1-8H,(H,17,18,19)(H,20,21,22);;;;/b2-1+;;;;. The van der Waals surface area contributed by atoms with E-state index in [0.29, 0.717) is 4.70 Å². The van der Waals surface area contributed by atoms with E-state index in [4.69, 9.17) is 0 Å². The van der Waals surface area contributed by atoms with Crippen molar-refractivity contribution in [2.24, 2.45) is 0 Å². The Morgan fingerprint density at radius 1 is 0.731 bits per heavy atom. The molecule has 0 aromatic heterocycles. The molecule has 0 fully saturated rings. The van der Waals surface area contributed by atoms with Crippen LogP contribution in [0, 0.1) is 0 Å². The van der Waals surface area contributed by atoms with E-state index in [1.165, 1.54) is 36.4 Å². The van der Waals surface area contributed by atoms with Gasteiger partial charge in [0.1, 0.15) is 9.79 Å². The van der Waals surface area contributed by atoms with Gasteiger partial charge in [-0.1, -0.05) is 12.2 Å². The fourth-order valence-corrected chi connectivity index (χ4v) is 3.77. The Morgan fingerprint density at radius 3 is 1.38 bits per heavy atom. The van der Waals surface area contributed by atoms with Crippen molar-refractivity contribution in [3.63, 3.8) is 0 Å². The zero-order valence-corrected chi connectivity index (χ0v) is 13.5. The Morgan fingerprint density at radius 2 is 1.08 bits per heavy atom. The van der Waals surface area contributed by atoms with E-state index < -0.39 is 30.0 Å². The fraction of sp³-hybridized carbons (Fsp3) is 0. The first-order chi connectivity index (χ1) is 11.1. The van der Waals surface area contributed by atoms with Crippen LogP contribution in [-0.2, 0) is 20.2 Å². The fourth-order valence-electron chi connectivity index (χ4n) is 2.36. The van der Waals surface area contributed by atoms with Gasteiger partial charge in [-0.05, 0) is 23.3 Å². The average Bonchev–Trinajstić information content (AvgIpc) is 2.56. The summed E-state index contributed by atoms with van der Waals surface area (Å²) in [6.07, 6.45) is 2.56. The van der Waals surface area contributed by atoms with Crippen LogP contribution in [0.2, 0.25) is 0 Å². The van der Waals surface area contributed by atoms with Crippen molar-refractivity contribution >= 4 is 103 Å². The predicted molar refractivity (Wildman–Crippen MR) is 101 cm³/mol. The van der Waals surface area contributed by atoms with Crippen molar-refractivity contribution in [1.82, 2.24) is 4.70 Å². The van der Waals surface area contributed by atoms with E-state index in [1.54, 1.807) is 0 Å². The van der Waals surface area contributed by atoms with Gasteiger partial charge in [-0.3, -0.25) is 9.11 Å². The molecular weight excluding hydrogens is 402 g/mol. The maximum atomic E-state index is 11.5. The summed E-state index contributed by atoms with van der Waals surface area (Å²) in [4.78, 5) is -0.905. The quantitative estimate of drug-likeness (QED) is 0.368. The summed E-state index contributed by atoms with van der Waals surface area (Å²) < 4.78 is 65.4. The van der Waals surface area contributed by atoms with E-state index in [2.05, 4.69) is 0 Å². The minimum atomic E-state index is -4.58. The molecule has 4 aliphatic rings. The third kappa shape index (κ3) is 4.71. The Balaban J connectivity index is 0.00000169. The van der Waals surface area contributed by atoms with Crippen molar-refractivity contribution in [3.8, 4) is 0 Å². The van der Waals surface area contributed by atoms with E-state index >= 15 is 0 Å². The van der Waals surface area contributed by atoms with Crippen LogP contribution in [0.5, 0.6) is 0 Å². The van der Waals surface area contributed by atoms with Gasteiger partial charge < -0.3 is 5.53 Å². The first kappa shape index (κ1) is 23.6. The van der Waals surface area contributed by atoms with Gasteiger partial charge in [0.15, 0.2) is 0 Å². The van der Waals surface area contributed by atoms with Crippen LogP contribution in [0.25, 0.3) is 17.7 Å². The van der Waals surface area contributed by atoms with Crippen LogP contribution in [0.4, 0.5) is 11.4 Å². The van der Waals surface area contributed by atoms with Crippen molar-refractivity contribution in [2.45, 2.75) is 9.79 Å². The summed E-state index contributed by atoms with van der Waals surface area (Å²) in [5.74, 6) is 0. The topological polar surface area (TPSA) is 134 Å². The van der Waals surface area contributed by atoms with E-state index in [9.17, 15) is 31.5 Å². The molecule has 6 rings (SSSR count). The summed E-state index contributed by atoms with van der Waals surface area (Å²) in [6, 6.07) is 7.55. The molecular formula is C14H12N2Na2O6S2. The van der Waals surface area contributed by atoms with Gasteiger partial charge in [0.25, 0.3) is 20.2 Å². The molecule has 0 radical (unpaired) electrons. The zero-order chi connectivity index (χ0) is 17.7. The molecule has 26 heavy (non-hydrogen) atoms. The molecule has 0 aliphatic carbocycles. The molecule has 0 amide bonds. The van der Waals surface area contributed by atoms with Gasteiger partial charge in [0.2, 0.25) is 11.4 Å². The molecule has 0 atom stereocenters. The second-order valence-electron chi connectivity index (χ2n) is 5.04. The molecule has 4 bridgehead atoms. The molecule has 12 heteroatoms. The van der Waals surface area contributed by atoms with Crippen molar-refractivity contribution in [3.05, 3.63) is 53.1 Å². The second kappa shape index (κ2) is 8.31. The molecule has 0 unspecified atom stereocenters. The Hall–Kier alpha value is -0.400.